The third kappa shape index (κ3) is 4.33. The summed E-state index contributed by atoms with van der Waals surface area (Å²) in [7, 11) is 0. The Hall–Kier alpha value is -0.380. The van der Waals surface area contributed by atoms with E-state index in [-0.39, 0.29) is 6.61 Å². The van der Waals surface area contributed by atoms with E-state index in [0.29, 0.717) is 6.04 Å². The van der Waals surface area contributed by atoms with Crippen LogP contribution in [0, 0.1) is 0 Å². The van der Waals surface area contributed by atoms with Crippen molar-refractivity contribution in [2.45, 2.75) is 25.8 Å². The van der Waals surface area contributed by atoms with E-state index in [4.69, 9.17) is 5.11 Å². The number of aliphatic hydroxyl groups is 1. The van der Waals surface area contributed by atoms with Gasteiger partial charge in [-0.15, -0.1) is 0 Å². The minimum absolute atomic E-state index is 0.252. The monoisotopic (exact) mass is 271 g/mol. The van der Waals surface area contributed by atoms with Crippen LogP contribution >= 0.6 is 15.9 Å². The lowest BCUT2D eigenvalue weighted by molar-refractivity contribution is 0.283. The molecule has 0 aliphatic heterocycles. The minimum atomic E-state index is 0.252. The highest BCUT2D eigenvalue weighted by Gasteiger charge is 2.07. The minimum Gasteiger partial charge on any atom is -0.396 e. The molecule has 1 aromatic carbocycles. The standard InChI is InChI=1S/C12H18BrNO/c1-2-12(14-7-4-8-15)10-5-3-6-11(13)9-10/h3,5-6,9,12,14-15H,2,4,7-8H2,1H3/t12-/m1/s1. The molecule has 0 aromatic heterocycles. The Kier molecular flexibility index (Phi) is 5.91. The van der Waals surface area contributed by atoms with Crippen LogP contribution < -0.4 is 5.32 Å². The summed E-state index contributed by atoms with van der Waals surface area (Å²) in [6.45, 7) is 3.28. The summed E-state index contributed by atoms with van der Waals surface area (Å²) in [5, 5.41) is 12.2. The summed E-state index contributed by atoms with van der Waals surface area (Å²) in [4.78, 5) is 0. The number of hydrogen-bond donors (Lipinski definition) is 2. The summed E-state index contributed by atoms with van der Waals surface area (Å²) < 4.78 is 1.11. The predicted molar refractivity (Wildman–Crippen MR) is 66.9 cm³/mol. The molecule has 0 unspecified atom stereocenters. The van der Waals surface area contributed by atoms with E-state index < -0.39 is 0 Å². The van der Waals surface area contributed by atoms with Gasteiger partial charge in [0.05, 0.1) is 0 Å². The molecular weight excluding hydrogens is 254 g/mol. The number of nitrogens with one attached hydrogen (secondary N) is 1. The molecule has 1 aromatic rings. The van der Waals surface area contributed by atoms with Crippen LogP contribution in [0.15, 0.2) is 28.7 Å². The molecule has 0 spiro atoms. The number of benzene rings is 1. The fourth-order valence-corrected chi connectivity index (χ4v) is 1.99. The van der Waals surface area contributed by atoms with Gasteiger partial charge in [-0.05, 0) is 37.1 Å². The smallest absolute Gasteiger partial charge is 0.0443 e. The molecule has 2 nitrogen and oxygen atoms in total. The Balaban J connectivity index is 2.57. The third-order valence-electron chi connectivity index (χ3n) is 2.38. The van der Waals surface area contributed by atoms with Crippen LogP contribution in [0.3, 0.4) is 0 Å². The number of halogens is 1. The van der Waals surface area contributed by atoms with Gasteiger partial charge in [-0.25, -0.2) is 0 Å². The first-order chi connectivity index (χ1) is 7.27. The maximum atomic E-state index is 8.72. The van der Waals surface area contributed by atoms with E-state index in [1.807, 2.05) is 6.07 Å². The molecule has 0 bridgehead atoms. The molecule has 0 saturated heterocycles. The summed E-state index contributed by atoms with van der Waals surface area (Å²) in [5.41, 5.74) is 1.30. The van der Waals surface area contributed by atoms with Crippen LogP contribution in [0.25, 0.3) is 0 Å². The van der Waals surface area contributed by atoms with Crippen molar-refractivity contribution < 1.29 is 5.11 Å². The normalized spacial score (nSPS) is 12.7. The van der Waals surface area contributed by atoms with Crippen LogP contribution in [-0.4, -0.2) is 18.3 Å². The average Bonchev–Trinajstić information content (AvgIpc) is 2.24. The van der Waals surface area contributed by atoms with Crippen molar-refractivity contribution >= 4 is 15.9 Å². The van der Waals surface area contributed by atoms with Crippen molar-refractivity contribution in [3.05, 3.63) is 34.3 Å². The van der Waals surface area contributed by atoms with E-state index >= 15 is 0 Å². The van der Waals surface area contributed by atoms with Gasteiger partial charge in [-0.3, -0.25) is 0 Å². The molecule has 0 aliphatic carbocycles. The maximum Gasteiger partial charge on any atom is 0.0443 e. The van der Waals surface area contributed by atoms with Gasteiger partial charge >= 0.3 is 0 Å². The molecule has 0 radical (unpaired) electrons. The lowest BCUT2D eigenvalue weighted by atomic mass is 10.0. The molecule has 3 heteroatoms. The molecule has 0 saturated carbocycles. The van der Waals surface area contributed by atoms with Gasteiger partial charge in [-0.2, -0.15) is 0 Å². The molecular formula is C12H18BrNO. The maximum absolute atomic E-state index is 8.72. The van der Waals surface area contributed by atoms with Gasteiger partial charge in [0.1, 0.15) is 0 Å². The number of rotatable bonds is 6. The lowest BCUT2D eigenvalue weighted by Gasteiger charge is -2.17. The fraction of sp³-hybridized carbons (Fsp3) is 0.500. The van der Waals surface area contributed by atoms with E-state index in [2.05, 4.69) is 46.4 Å². The van der Waals surface area contributed by atoms with Crippen molar-refractivity contribution in [2.24, 2.45) is 0 Å². The SMILES string of the molecule is CC[C@@H](NCCCO)c1cccc(Br)c1. The Morgan fingerprint density at radius 1 is 1.47 bits per heavy atom. The molecule has 84 valence electrons. The predicted octanol–water partition coefficient (Wildman–Crippen LogP) is 2.87. The topological polar surface area (TPSA) is 32.3 Å². The van der Waals surface area contributed by atoms with Crippen molar-refractivity contribution in [3.8, 4) is 0 Å². The Morgan fingerprint density at radius 3 is 2.87 bits per heavy atom. The summed E-state index contributed by atoms with van der Waals surface area (Å²) in [6, 6.07) is 8.74. The van der Waals surface area contributed by atoms with E-state index in [1.54, 1.807) is 0 Å². The van der Waals surface area contributed by atoms with Crippen LogP contribution in [0.1, 0.15) is 31.4 Å². The van der Waals surface area contributed by atoms with Gasteiger partial charge in [0.25, 0.3) is 0 Å². The average molecular weight is 272 g/mol. The van der Waals surface area contributed by atoms with E-state index in [9.17, 15) is 0 Å². The third-order valence-corrected chi connectivity index (χ3v) is 2.88. The van der Waals surface area contributed by atoms with E-state index in [0.717, 1.165) is 23.9 Å². The van der Waals surface area contributed by atoms with Gasteiger partial charge in [-0.1, -0.05) is 35.0 Å². The van der Waals surface area contributed by atoms with Crippen LogP contribution in [-0.2, 0) is 0 Å². The quantitative estimate of drug-likeness (QED) is 0.780. The molecule has 0 heterocycles. The highest BCUT2D eigenvalue weighted by atomic mass is 79.9. The second-order valence-corrected chi connectivity index (χ2v) is 4.46. The zero-order valence-electron chi connectivity index (χ0n) is 9.04. The molecule has 15 heavy (non-hydrogen) atoms. The lowest BCUT2D eigenvalue weighted by Crippen LogP contribution is -2.22. The Morgan fingerprint density at radius 2 is 2.27 bits per heavy atom. The Labute approximate surface area is 99.8 Å². The Bertz CT molecular complexity index is 291. The van der Waals surface area contributed by atoms with Crippen LogP contribution in [0.2, 0.25) is 0 Å². The largest absolute Gasteiger partial charge is 0.396 e. The molecule has 2 N–H and O–H groups in total. The summed E-state index contributed by atoms with van der Waals surface area (Å²) in [6.07, 6.45) is 1.87. The number of aliphatic hydroxyl groups excluding tert-OH is 1. The first-order valence-electron chi connectivity index (χ1n) is 5.37. The fourth-order valence-electron chi connectivity index (χ4n) is 1.58. The molecule has 1 atom stereocenters. The van der Waals surface area contributed by atoms with Gasteiger partial charge in [0, 0.05) is 17.1 Å². The van der Waals surface area contributed by atoms with Crippen LogP contribution in [0.5, 0.6) is 0 Å². The van der Waals surface area contributed by atoms with Gasteiger partial charge in [0.15, 0.2) is 0 Å². The highest BCUT2D eigenvalue weighted by molar-refractivity contribution is 9.10. The zero-order valence-corrected chi connectivity index (χ0v) is 10.6. The van der Waals surface area contributed by atoms with Gasteiger partial charge < -0.3 is 10.4 Å². The van der Waals surface area contributed by atoms with E-state index in [1.165, 1.54) is 5.56 Å². The molecule has 1 rings (SSSR count). The zero-order chi connectivity index (χ0) is 11.1. The van der Waals surface area contributed by atoms with Crippen molar-refractivity contribution in [1.29, 1.82) is 0 Å². The summed E-state index contributed by atoms with van der Waals surface area (Å²) >= 11 is 3.47. The first-order valence-corrected chi connectivity index (χ1v) is 6.17. The second kappa shape index (κ2) is 6.99. The highest BCUT2D eigenvalue weighted by Crippen LogP contribution is 2.20. The van der Waals surface area contributed by atoms with Gasteiger partial charge in [0.2, 0.25) is 0 Å². The molecule has 0 fully saturated rings. The van der Waals surface area contributed by atoms with Crippen molar-refractivity contribution in [2.75, 3.05) is 13.2 Å². The van der Waals surface area contributed by atoms with Crippen molar-refractivity contribution in [3.63, 3.8) is 0 Å². The van der Waals surface area contributed by atoms with Crippen molar-refractivity contribution in [1.82, 2.24) is 5.32 Å². The second-order valence-electron chi connectivity index (χ2n) is 3.55. The number of hydrogen-bond acceptors (Lipinski definition) is 2. The molecule has 0 aliphatic rings. The van der Waals surface area contributed by atoms with Crippen LogP contribution in [0.4, 0.5) is 0 Å². The summed E-state index contributed by atoms with van der Waals surface area (Å²) in [5.74, 6) is 0. The first kappa shape index (κ1) is 12.7. The molecule has 0 amide bonds.